The van der Waals surface area contributed by atoms with Crippen LogP contribution in [0, 0.1) is 12.7 Å². The summed E-state index contributed by atoms with van der Waals surface area (Å²) in [6.07, 6.45) is 0.710. The first kappa shape index (κ1) is 26.1. The van der Waals surface area contributed by atoms with Crippen molar-refractivity contribution >= 4 is 45.0 Å². The van der Waals surface area contributed by atoms with E-state index in [1.54, 1.807) is 23.9 Å². The van der Waals surface area contributed by atoms with E-state index in [0.29, 0.717) is 18.0 Å². The first-order valence-electron chi connectivity index (χ1n) is 10.7. The maximum absolute atomic E-state index is 14.5. The third-order valence-corrected chi connectivity index (χ3v) is 8.09. The molecule has 3 aromatic rings. The maximum Gasteiger partial charge on any atom is 0.264 e. The van der Waals surface area contributed by atoms with Crippen molar-refractivity contribution in [2.75, 3.05) is 23.1 Å². The zero-order valence-electron chi connectivity index (χ0n) is 18.7. The number of hydrogen-bond donors (Lipinski definition) is 1. The molecular formula is C25H26ClFN2O3S2. The first-order valence-corrected chi connectivity index (χ1v) is 13.7. The van der Waals surface area contributed by atoms with Crippen LogP contribution in [0.15, 0.2) is 77.7 Å². The molecule has 0 heterocycles. The van der Waals surface area contributed by atoms with Gasteiger partial charge in [0.2, 0.25) is 5.91 Å². The van der Waals surface area contributed by atoms with Crippen LogP contribution in [-0.4, -0.2) is 33.2 Å². The SMILES string of the molecule is Cc1ccc(S(=O)(=O)N(CC(=O)NCCCSCc2cccc(Cl)c2)c2ccccc2F)cc1. The van der Waals surface area contributed by atoms with Gasteiger partial charge in [0.25, 0.3) is 10.0 Å². The van der Waals surface area contributed by atoms with Crippen molar-refractivity contribution in [1.29, 1.82) is 0 Å². The quantitative estimate of drug-likeness (QED) is 0.343. The minimum atomic E-state index is -4.14. The maximum atomic E-state index is 14.5. The lowest BCUT2D eigenvalue weighted by Gasteiger charge is -2.24. The van der Waals surface area contributed by atoms with Crippen LogP contribution in [0.2, 0.25) is 5.02 Å². The lowest BCUT2D eigenvalue weighted by atomic mass is 10.2. The minimum absolute atomic E-state index is 0.00781. The molecule has 9 heteroatoms. The number of benzene rings is 3. The zero-order valence-corrected chi connectivity index (χ0v) is 21.1. The van der Waals surface area contributed by atoms with Gasteiger partial charge >= 0.3 is 0 Å². The Bertz CT molecular complexity index is 1220. The minimum Gasteiger partial charge on any atom is -0.354 e. The topological polar surface area (TPSA) is 66.5 Å². The summed E-state index contributed by atoms with van der Waals surface area (Å²) in [5, 5.41) is 3.44. The molecule has 0 aliphatic rings. The summed E-state index contributed by atoms with van der Waals surface area (Å²) < 4.78 is 41.9. The average molecular weight is 521 g/mol. The second kappa shape index (κ2) is 12.2. The van der Waals surface area contributed by atoms with Crippen LogP contribution in [0.1, 0.15) is 17.5 Å². The Hall–Kier alpha value is -2.55. The van der Waals surface area contributed by atoms with Crippen molar-refractivity contribution in [1.82, 2.24) is 5.32 Å². The monoisotopic (exact) mass is 520 g/mol. The van der Waals surface area contributed by atoms with E-state index in [-0.39, 0.29) is 10.6 Å². The van der Waals surface area contributed by atoms with Crippen molar-refractivity contribution in [2.45, 2.75) is 24.0 Å². The lowest BCUT2D eigenvalue weighted by Crippen LogP contribution is -2.41. The molecule has 180 valence electrons. The summed E-state index contributed by atoms with van der Waals surface area (Å²) in [6, 6.07) is 19.4. The molecule has 5 nitrogen and oxygen atoms in total. The highest BCUT2D eigenvalue weighted by molar-refractivity contribution is 7.98. The molecule has 1 N–H and O–H groups in total. The molecule has 1 amide bonds. The van der Waals surface area contributed by atoms with Crippen LogP contribution in [0.25, 0.3) is 0 Å². The summed E-state index contributed by atoms with van der Waals surface area (Å²) in [5.41, 5.74) is 1.85. The average Bonchev–Trinajstić information content (AvgIpc) is 2.80. The number of nitrogens with one attached hydrogen (secondary N) is 1. The molecule has 0 aliphatic heterocycles. The molecule has 0 aliphatic carbocycles. The van der Waals surface area contributed by atoms with Gasteiger partial charge in [0.1, 0.15) is 12.4 Å². The Morgan fingerprint density at radius 2 is 1.79 bits per heavy atom. The fourth-order valence-corrected chi connectivity index (χ4v) is 5.75. The van der Waals surface area contributed by atoms with Crippen LogP contribution >= 0.6 is 23.4 Å². The van der Waals surface area contributed by atoms with Crippen molar-refractivity contribution in [3.8, 4) is 0 Å². The molecule has 3 aromatic carbocycles. The van der Waals surface area contributed by atoms with Crippen LogP contribution < -0.4 is 9.62 Å². The summed E-state index contributed by atoms with van der Waals surface area (Å²) in [7, 11) is -4.14. The van der Waals surface area contributed by atoms with E-state index in [9.17, 15) is 17.6 Å². The number of thioether (sulfide) groups is 1. The van der Waals surface area contributed by atoms with Crippen molar-refractivity contribution < 1.29 is 17.6 Å². The highest BCUT2D eigenvalue weighted by Gasteiger charge is 2.29. The summed E-state index contributed by atoms with van der Waals surface area (Å²) in [6.45, 7) is 1.70. The van der Waals surface area contributed by atoms with Crippen molar-refractivity contribution in [2.24, 2.45) is 0 Å². The summed E-state index contributed by atoms with van der Waals surface area (Å²) in [5.74, 6) is 0.401. The lowest BCUT2D eigenvalue weighted by molar-refractivity contribution is -0.119. The zero-order chi connectivity index (χ0) is 24.6. The van der Waals surface area contributed by atoms with Gasteiger partial charge in [-0.1, -0.05) is 53.6 Å². The third-order valence-electron chi connectivity index (χ3n) is 4.96. The molecule has 0 atom stereocenters. The number of sulfonamides is 1. The smallest absolute Gasteiger partial charge is 0.264 e. The number of nitrogens with zero attached hydrogens (tertiary/aromatic N) is 1. The predicted octanol–water partition coefficient (Wildman–Crippen LogP) is 5.42. The normalized spacial score (nSPS) is 11.3. The molecule has 0 fully saturated rings. The highest BCUT2D eigenvalue weighted by atomic mass is 35.5. The van der Waals surface area contributed by atoms with Gasteiger partial charge in [-0.25, -0.2) is 12.8 Å². The van der Waals surface area contributed by atoms with Crippen LogP contribution in [0.4, 0.5) is 10.1 Å². The predicted molar refractivity (Wildman–Crippen MR) is 137 cm³/mol. The summed E-state index contributed by atoms with van der Waals surface area (Å²) >= 11 is 7.71. The van der Waals surface area contributed by atoms with E-state index in [1.165, 1.54) is 36.4 Å². The molecule has 0 radical (unpaired) electrons. The molecular weight excluding hydrogens is 495 g/mol. The van der Waals surface area contributed by atoms with Crippen molar-refractivity contribution in [3.63, 3.8) is 0 Å². The second-order valence-electron chi connectivity index (χ2n) is 7.66. The number of anilines is 1. The standard InChI is InChI=1S/C25H26ClFN2O3S2/c1-19-10-12-22(13-11-19)34(31,32)29(24-9-3-2-8-23(24)27)17-25(30)28-14-5-15-33-18-20-6-4-7-21(26)16-20/h2-4,6-13,16H,5,14-15,17-18H2,1H3,(H,28,30). The second-order valence-corrected chi connectivity index (χ2v) is 11.1. The first-order chi connectivity index (χ1) is 16.3. The highest BCUT2D eigenvalue weighted by Crippen LogP contribution is 2.26. The number of para-hydroxylation sites is 1. The fraction of sp³-hybridized carbons (Fsp3) is 0.240. The number of aryl methyl sites for hydroxylation is 1. The van der Waals surface area contributed by atoms with Crippen LogP contribution in [0.5, 0.6) is 0 Å². The van der Waals surface area contributed by atoms with Gasteiger partial charge in [-0.2, -0.15) is 11.8 Å². The van der Waals surface area contributed by atoms with E-state index in [4.69, 9.17) is 11.6 Å². The number of carbonyl (C=O) groups is 1. The van der Waals surface area contributed by atoms with Gasteiger partial charge in [0.15, 0.2) is 0 Å². The van der Waals surface area contributed by atoms with Gasteiger partial charge < -0.3 is 5.32 Å². The molecule has 0 aromatic heterocycles. The summed E-state index contributed by atoms with van der Waals surface area (Å²) in [4.78, 5) is 12.6. The Morgan fingerprint density at radius 1 is 1.06 bits per heavy atom. The Morgan fingerprint density at radius 3 is 2.50 bits per heavy atom. The van der Waals surface area contributed by atoms with Gasteiger partial charge in [-0.3, -0.25) is 9.10 Å². The largest absolute Gasteiger partial charge is 0.354 e. The van der Waals surface area contributed by atoms with E-state index < -0.39 is 28.3 Å². The van der Waals surface area contributed by atoms with E-state index >= 15 is 0 Å². The molecule has 0 saturated heterocycles. The number of hydrogen-bond acceptors (Lipinski definition) is 4. The van der Waals surface area contributed by atoms with Crippen molar-refractivity contribution in [3.05, 3.63) is 94.8 Å². The number of halogens is 2. The Labute approximate surface area is 209 Å². The molecule has 0 saturated carbocycles. The Balaban J connectivity index is 1.59. The van der Waals surface area contributed by atoms with E-state index in [1.807, 2.05) is 31.2 Å². The molecule has 0 bridgehead atoms. The van der Waals surface area contributed by atoms with E-state index in [0.717, 1.165) is 26.9 Å². The van der Waals surface area contributed by atoms with E-state index in [2.05, 4.69) is 5.32 Å². The number of carbonyl (C=O) groups excluding carboxylic acids is 1. The fourth-order valence-electron chi connectivity index (χ4n) is 3.20. The number of amides is 1. The molecule has 34 heavy (non-hydrogen) atoms. The molecule has 0 unspecified atom stereocenters. The van der Waals surface area contributed by atoms with Gasteiger partial charge in [-0.05, 0) is 61.1 Å². The Kier molecular flexibility index (Phi) is 9.38. The van der Waals surface area contributed by atoms with Crippen LogP contribution in [-0.2, 0) is 20.6 Å². The molecule has 0 spiro atoms. The number of rotatable bonds is 11. The third kappa shape index (κ3) is 7.22. The van der Waals surface area contributed by atoms with Gasteiger partial charge in [0, 0.05) is 17.3 Å². The van der Waals surface area contributed by atoms with Gasteiger partial charge in [-0.15, -0.1) is 0 Å². The molecule has 3 rings (SSSR count). The van der Waals surface area contributed by atoms with Crippen LogP contribution in [0.3, 0.4) is 0 Å². The van der Waals surface area contributed by atoms with Gasteiger partial charge in [0.05, 0.1) is 10.6 Å².